The highest BCUT2D eigenvalue weighted by Gasteiger charge is 2.39. The highest BCUT2D eigenvalue weighted by molar-refractivity contribution is 5.92. The van der Waals surface area contributed by atoms with Gasteiger partial charge in [-0.1, -0.05) is 0 Å². The van der Waals surface area contributed by atoms with Gasteiger partial charge in [-0.15, -0.1) is 0 Å². The number of pyridine rings is 1. The van der Waals surface area contributed by atoms with Crippen molar-refractivity contribution in [3.8, 4) is 0 Å². The second-order valence-corrected chi connectivity index (χ2v) is 6.01. The number of hydrogen-bond donors (Lipinski definition) is 2. The van der Waals surface area contributed by atoms with Crippen LogP contribution in [-0.4, -0.2) is 47.5 Å². The Morgan fingerprint density at radius 2 is 2.23 bits per heavy atom. The Bertz CT molecular complexity index is 523. The minimum atomic E-state index is -0.190. The highest BCUT2D eigenvalue weighted by Crippen LogP contribution is 2.34. The van der Waals surface area contributed by atoms with Crippen LogP contribution >= 0.6 is 0 Å². The summed E-state index contributed by atoms with van der Waals surface area (Å²) in [6, 6.07) is 3.42. The van der Waals surface area contributed by atoms with Gasteiger partial charge in [0.2, 0.25) is 0 Å². The molecule has 0 bridgehead atoms. The lowest BCUT2D eigenvalue weighted by molar-refractivity contribution is -0.139. The second kappa shape index (κ2) is 6.73. The minimum Gasteiger partial charge on any atom is -0.392 e. The van der Waals surface area contributed by atoms with Gasteiger partial charge >= 0.3 is 0 Å². The van der Waals surface area contributed by atoms with Crippen LogP contribution in [-0.2, 0) is 16.1 Å². The standard InChI is InChI=1S/C16H22N2O4/c19-11-12-1-5-17-14(9-12)15(20)18-13-2-6-22-16(10-13)3-7-21-8-4-16/h1,5,9,13,19H,2-4,6-8,10-11H2,(H,18,20). The molecule has 2 fully saturated rings. The van der Waals surface area contributed by atoms with Gasteiger partial charge < -0.3 is 19.9 Å². The van der Waals surface area contributed by atoms with Crippen molar-refractivity contribution in [2.24, 2.45) is 0 Å². The van der Waals surface area contributed by atoms with Gasteiger partial charge in [0.1, 0.15) is 5.69 Å². The molecule has 2 N–H and O–H groups in total. The third-order valence-corrected chi connectivity index (χ3v) is 4.47. The van der Waals surface area contributed by atoms with E-state index in [1.807, 2.05) is 0 Å². The number of amides is 1. The van der Waals surface area contributed by atoms with Crippen molar-refractivity contribution in [3.63, 3.8) is 0 Å². The summed E-state index contributed by atoms with van der Waals surface area (Å²) in [5.41, 5.74) is 0.890. The zero-order valence-corrected chi connectivity index (χ0v) is 12.6. The maximum absolute atomic E-state index is 12.3. The molecule has 1 amide bonds. The van der Waals surface area contributed by atoms with Crippen LogP contribution in [0.5, 0.6) is 0 Å². The van der Waals surface area contributed by atoms with Crippen LogP contribution in [0.4, 0.5) is 0 Å². The molecule has 3 heterocycles. The predicted octanol–water partition coefficient (Wildman–Crippen LogP) is 1.03. The van der Waals surface area contributed by atoms with E-state index in [2.05, 4.69) is 10.3 Å². The van der Waals surface area contributed by atoms with Gasteiger partial charge in [-0.3, -0.25) is 9.78 Å². The SMILES string of the molecule is O=C(NC1CCOC2(CCOCC2)C1)c1cc(CO)ccn1. The normalized spacial score (nSPS) is 24.1. The molecular formula is C16H22N2O4. The fraction of sp³-hybridized carbons (Fsp3) is 0.625. The van der Waals surface area contributed by atoms with Crippen LogP contribution in [0, 0.1) is 0 Å². The zero-order chi connectivity index (χ0) is 15.4. The Hall–Kier alpha value is -1.50. The number of aliphatic hydroxyl groups is 1. The molecule has 6 nitrogen and oxygen atoms in total. The number of carbonyl (C=O) groups excluding carboxylic acids is 1. The average molecular weight is 306 g/mol. The molecule has 1 unspecified atom stereocenters. The fourth-order valence-corrected chi connectivity index (χ4v) is 3.20. The van der Waals surface area contributed by atoms with E-state index >= 15 is 0 Å². The highest BCUT2D eigenvalue weighted by atomic mass is 16.5. The van der Waals surface area contributed by atoms with E-state index in [4.69, 9.17) is 14.6 Å². The maximum atomic E-state index is 12.3. The van der Waals surface area contributed by atoms with Gasteiger partial charge in [-0.25, -0.2) is 0 Å². The summed E-state index contributed by atoms with van der Waals surface area (Å²) in [6.07, 6.45) is 4.95. The van der Waals surface area contributed by atoms with Gasteiger partial charge in [0.25, 0.3) is 5.91 Å². The number of aliphatic hydroxyl groups excluding tert-OH is 1. The van der Waals surface area contributed by atoms with E-state index in [0.717, 1.165) is 38.9 Å². The van der Waals surface area contributed by atoms with Gasteiger partial charge in [0, 0.05) is 32.1 Å². The fourth-order valence-electron chi connectivity index (χ4n) is 3.20. The quantitative estimate of drug-likeness (QED) is 0.872. The Morgan fingerprint density at radius 3 is 3.00 bits per heavy atom. The number of aromatic nitrogens is 1. The number of hydrogen-bond acceptors (Lipinski definition) is 5. The summed E-state index contributed by atoms with van der Waals surface area (Å²) in [6.45, 7) is 2.01. The van der Waals surface area contributed by atoms with Crippen molar-refractivity contribution < 1.29 is 19.4 Å². The Labute approximate surface area is 129 Å². The monoisotopic (exact) mass is 306 g/mol. The van der Waals surface area contributed by atoms with Crippen LogP contribution < -0.4 is 5.32 Å². The molecule has 1 spiro atoms. The summed E-state index contributed by atoms with van der Waals surface area (Å²) < 4.78 is 11.4. The van der Waals surface area contributed by atoms with E-state index in [1.54, 1.807) is 18.3 Å². The molecule has 1 aromatic heterocycles. The van der Waals surface area contributed by atoms with Crippen LogP contribution in [0.3, 0.4) is 0 Å². The molecule has 1 aromatic rings. The van der Waals surface area contributed by atoms with Crippen molar-refractivity contribution in [3.05, 3.63) is 29.6 Å². The molecular weight excluding hydrogens is 284 g/mol. The molecule has 0 radical (unpaired) electrons. The summed E-state index contributed by atoms with van der Waals surface area (Å²) in [5.74, 6) is -0.190. The van der Waals surface area contributed by atoms with Crippen molar-refractivity contribution >= 4 is 5.91 Å². The summed E-state index contributed by atoms with van der Waals surface area (Å²) >= 11 is 0. The molecule has 0 saturated carbocycles. The third kappa shape index (κ3) is 3.45. The number of rotatable bonds is 3. The largest absolute Gasteiger partial charge is 0.392 e. The van der Waals surface area contributed by atoms with Crippen molar-refractivity contribution in [1.29, 1.82) is 0 Å². The van der Waals surface area contributed by atoms with Gasteiger partial charge in [0.15, 0.2) is 0 Å². The van der Waals surface area contributed by atoms with E-state index in [9.17, 15) is 4.79 Å². The summed E-state index contributed by atoms with van der Waals surface area (Å²) in [4.78, 5) is 16.4. The molecule has 2 aliphatic rings. The lowest BCUT2D eigenvalue weighted by atomic mass is 9.84. The first kappa shape index (κ1) is 15.4. The maximum Gasteiger partial charge on any atom is 0.270 e. The topological polar surface area (TPSA) is 80.7 Å². The lowest BCUT2D eigenvalue weighted by Gasteiger charge is -2.43. The average Bonchev–Trinajstić information content (AvgIpc) is 2.55. The van der Waals surface area contributed by atoms with Crippen LogP contribution in [0.15, 0.2) is 18.3 Å². The van der Waals surface area contributed by atoms with Crippen molar-refractivity contribution in [1.82, 2.24) is 10.3 Å². The van der Waals surface area contributed by atoms with Gasteiger partial charge in [-0.2, -0.15) is 0 Å². The van der Waals surface area contributed by atoms with Crippen LogP contribution in [0.25, 0.3) is 0 Å². The van der Waals surface area contributed by atoms with E-state index < -0.39 is 0 Å². The molecule has 6 heteroatoms. The first-order chi connectivity index (χ1) is 10.7. The van der Waals surface area contributed by atoms with E-state index in [0.29, 0.717) is 17.9 Å². The van der Waals surface area contributed by atoms with E-state index in [1.165, 1.54) is 0 Å². The summed E-state index contributed by atoms with van der Waals surface area (Å²) in [7, 11) is 0. The van der Waals surface area contributed by atoms with E-state index in [-0.39, 0.29) is 24.2 Å². The lowest BCUT2D eigenvalue weighted by Crippen LogP contribution is -2.51. The van der Waals surface area contributed by atoms with Gasteiger partial charge in [-0.05, 0) is 43.4 Å². The second-order valence-electron chi connectivity index (χ2n) is 6.01. The molecule has 2 aliphatic heterocycles. The molecule has 120 valence electrons. The summed E-state index contributed by atoms with van der Waals surface area (Å²) in [5, 5.41) is 12.2. The smallest absolute Gasteiger partial charge is 0.270 e. The van der Waals surface area contributed by atoms with Crippen molar-refractivity contribution in [2.75, 3.05) is 19.8 Å². The molecule has 2 saturated heterocycles. The third-order valence-electron chi connectivity index (χ3n) is 4.47. The molecule has 0 aliphatic carbocycles. The molecule has 3 rings (SSSR count). The number of carbonyl (C=O) groups is 1. The van der Waals surface area contributed by atoms with Gasteiger partial charge in [0.05, 0.1) is 12.2 Å². The Kier molecular flexibility index (Phi) is 4.71. The van der Waals surface area contributed by atoms with Crippen LogP contribution in [0.1, 0.15) is 41.7 Å². The minimum absolute atomic E-state index is 0.0941. The number of nitrogens with one attached hydrogen (secondary N) is 1. The molecule has 1 atom stereocenters. The Balaban J connectivity index is 1.63. The first-order valence-corrected chi connectivity index (χ1v) is 7.79. The van der Waals surface area contributed by atoms with Crippen molar-refractivity contribution in [2.45, 2.75) is 43.9 Å². The van der Waals surface area contributed by atoms with Crippen LogP contribution in [0.2, 0.25) is 0 Å². The number of nitrogens with zero attached hydrogens (tertiary/aromatic N) is 1. The first-order valence-electron chi connectivity index (χ1n) is 7.79. The number of ether oxygens (including phenoxy) is 2. The Morgan fingerprint density at radius 1 is 1.41 bits per heavy atom. The molecule has 22 heavy (non-hydrogen) atoms. The molecule has 0 aromatic carbocycles. The predicted molar refractivity (Wildman–Crippen MR) is 79.4 cm³/mol. The zero-order valence-electron chi connectivity index (χ0n) is 12.6.